The van der Waals surface area contributed by atoms with Crippen molar-refractivity contribution >= 4 is 16.9 Å². The Labute approximate surface area is 92.9 Å². The summed E-state index contributed by atoms with van der Waals surface area (Å²) in [6.07, 6.45) is 6.22. The van der Waals surface area contributed by atoms with Crippen LogP contribution in [0.2, 0.25) is 0 Å². The van der Waals surface area contributed by atoms with E-state index in [1.165, 1.54) is 6.33 Å². The first kappa shape index (κ1) is 9.59. The molecule has 5 nitrogen and oxygen atoms in total. The highest BCUT2D eigenvalue weighted by molar-refractivity contribution is 5.86. The van der Waals surface area contributed by atoms with Gasteiger partial charge in [0.1, 0.15) is 17.8 Å². The first-order chi connectivity index (χ1) is 7.77. The number of aromatic amines is 1. The summed E-state index contributed by atoms with van der Waals surface area (Å²) in [6, 6.07) is 1.93. The summed E-state index contributed by atoms with van der Waals surface area (Å²) in [6.45, 7) is 0.560. The van der Waals surface area contributed by atoms with E-state index in [0.717, 1.165) is 36.1 Å². The molecule has 0 bridgehead atoms. The van der Waals surface area contributed by atoms with Crippen LogP contribution in [0.5, 0.6) is 0 Å². The van der Waals surface area contributed by atoms with E-state index in [9.17, 15) is 5.11 Å². The van der Waals surface area contributed by atoms with E-state index < -0.39 is 5.60 Å². The molecular formula is C11H14N4O. The Morgan fingerprint density at radius 2 is 2.31 bits per heavy atom. The molecule has 1 aliphatic rings. The molecule has 2 aromatic rings. The number of nitrogens with zero attached hydrogens (tertiary/aromatic N) is 2. The van der Waals surface area contributed by atoms with Crippen molar-refractivity contribution in [3.05, 3.63) is 18.6 Å². The van der Waals surface area contributed by atoms with E-state index in [2.05, 4.69) is 20.3 Å². The first-order valence-corrected chi connectivity index (χ1v) is 5.51. The number of H-pyrrole nitrogens is 1. The summed E-state index contributed by atoms with van der Waals surface area (Å²) in [5.41, 5.74) is 0.284. The highest BCUT2D eigenvalue weighted by Crippen LogP contribution is 2.31. The van der Waals surface area contributed by atoms with Crippen molar-refractivity contribution in [3.8, 4) is 0 Å². The molecule has 0 amide bonds. The van der Waals surface area contributed by atoms with Gasteiger partial charge in [-0.05, 0) is 25.3 Å². The van der Waals surface area contributed by atoms with Gasteiger partial charge in [-0.1, -0.05) is 0 Å². The minimum atomic E-state index is -0.534. The van der Waals surface area contributed by atoms with Gasteiger partial charge in [-0.3, -0.25) is 0 Å². The van der Waals surface area contributed by atoms with Crippen LogP contribution in [-0.4, -0.2) is 32.2 Å². The maximum atomic E-state index is 9.98. The standard InChI is InChI=1S/C11H14N4O/c16-11(3-1-4-11)6-13-10-8-2-5-12-9(8)14-7-15-10/h2,5,7,16H,1,3-4,6H2,(H2,12,13,14,15). The Morgan fingerprint density at radius 3 is 3.06 bits per heavy atom. The van der Waals surface area contributed by atoms with Crippen molar-refractivity contribution in [1.29, 1.82) is 0 Å². The molecule has 1 saturated carbocycles. The number of hydrogen-bond donors (Lipinski definition) is 3. The number of aliphatic hydroxyl groups is 1. The Bertz CT molecular complexity index is 503. The van der Waals surface area contributed by atoms with E-state index in [4.69, 9.17) is 0 Å². The van der Waals surface area contributed by atoms with Gasteiger partial charge in [0.15, 0.2) is 0 Å². The molecule has 3 N–H and O–H groups in total. The van der Waals surface area contributed by atoms with Crippen molar-refractivity contribution in [2.24, 2.45) is 0 Å². The molecule has 0 aliphatic heterocycles. The van der Waals surface area contributed by atoms with Crippen LogP contribution in [0.3, 0.4) is 0 Å². The monoisotopic (exact) mass is 218 g/mol. The van der Waals surface area contributed by atoms with E-state index in [0.29, 0.717) is 6.54 Å². The largest absolute Gasteiger partial charge is 0.388 e. The van der Waals surface area contributed by atoms with Crippen molar-refractivity contribution in [3.63, 3.8) is 0 Å². The average molecular weight is 218 g/mol. The van der Waals surface area contributed by atoms with Gasteiger partial charge in [0.25, 0.3) is 0 Å². The van der Waals surface area contributed by atoms with Gasteiger partial charge >= 0.3 is 0 Å². The summed E-state index contributed by atoms with van der Waals surface area (Å²) in [7, 11) is 0. The number of aromatic nitrogens is 3. The second kappa shape index (κ2) is 3.45. The highest BCUT2D eigenvalue weighted by Gasteiger charge is 2.34. The van der Waals surface area contributed by atoms with Crippen molar-refractivity contribution in [2.75, 3.05) is 11.9 Å². The van der Waals surface area contributed by atoms with Gasteiger partial charge in [0, 0.05) is 12.7 Å². The van der Waals surface area contributed by atoms with Gasteiger partial charge in [0.2, 0.25) is 0 Å². The fraction of sp³-hybridized carbons (Fsp3) is 0.455. The molecule has 5 heteroatoms. The molecule has 1 aliphatic carbocycles. The zero-order valence-corrected chi connectivity index (χ0v) is 8.90. The molecule has 16 heavy (non-hydrogen) atoms. The topological polar surface area (TPSA) is 73.8 Å². The van der Waals surface area contributed by atoms with Gasteiger partial charge in [-0.2, -0.15) is 0 Å². The predicted octanol–water partition coefficient (Wildman–Crippen LogP) is 1.28. The molecule has 1 fully saturated rings. The summed E-state index contributed by atoms with van der Waals surface area (Å²) < 4.78 is 0. The smallest absolute Gasteiger partial charge is 0.142 e. The lowest BCUT2D eigenvalue weighted by Gasteiger charge is -2.36. The number of rotatable bonds is 3. The third-order valence-electron chi connectivity index (χ3n) is 3.22. The lowest BCUT2D eigenvalue weighted by Crippen LogP contribution is -2.43. The normalized spacial score (nSPS) is 18.3. The van der Waals surface area contributed by atoms with Crippen LogP contribution >= 0.6 is 0 Å². The number of nitrogens with one attached hydrogen (secondary N) is 2. The molecule has 2 aromatic heterocycles. The Kier molecular flexibility index (Phi) is 2.07. The Hall–Kier alpha value is -1.62. The maximum absolute atomic E-state index is 9.98. The SMILES string of the molecule is OC1(CNc2ncnc3[nH]ccc23)CCC1. The molecule has 3 rings (SSSR count). The third kappa shape index (κ3) is 1.53. The Balaban J connectivity index is 1.81. The molecule has 0 spiro atoms. The molecule has 2 heterocycles. The quantitative estimate of drug-likeness (QED) is 0.725. The molecule has 0 radical (unpaired) electrons. The van der Waals surface area contributed by atoms with E-state index in [1.54, 1.807) is 0 Å². The van der Waals surface area contributed by atoms with Crippen LogP contribution in [0, 0.1) is 0 Å². The molecule has 0 aromatic carbocycles. The molecular weight excluding hydrogens is 204 g/mol. The van der Waals surface area contributed by atoms with Crippen LogP contribution in [0.15, 0.2) is 18.6 Å². The summed E-state index contributed by atoms with van der Waals surface area (Å²) in [5.74, 6) is 0.784. The van der Waals surface area contributed by atoms with Crippen molar-refractivity contribution in [2.45, 2.75) is 24.9 Å². The second-order valence-corrected chi connectivity index (χ2v) is 4.39. The van der Waals surface area contributed by atoms with Crippen LogP contribution < -0.4 is 5.32 Å². The van der Waals surface area contributed by atoms with E-state index >= 15 is 0 Å². The summed E-state index contributed by atoms with van der Waals surface area (Å²) in [5, 5.41) is 14.1. The van der Waals surface area contributed by atoms with Crippen LogP contribution in [-0.2, 0) is 0 Å². The fourth-order valence-electron chi connectivity index (χ4n) is 2.02. The molecule has 0 saturated heterocycles. The lowest BCUT2D eigenvalue weighted by atomic mass is 9.80. The molecule has 0 unspecified atom stereocenters. The maximum Gasteiger partial charge on any atom is 0.142 e. The molecule has 84 valence electrons. The van der Waals surface area contributed by atoms with Crippen molar-refractivity contribution in [1.82, 2.24) is 15.0 Å². The van der Waals surface area contributed by atoms with Crippen LogP contribution in [0.25, 0.3) is 11.0 Å². The van der Waals surface area contributed by atoms with E-state index in [-0.39, 0.29) is 0 Å². The minimum Gasteiger partial charge on any atom is -0.388 e. The van der Waals surface area contributed by atoms with Gasteiger partial charge < -0.3 is 15.4 Å². The predicted molar refractivity (Wildman–Crippen MR) is 61.2 cm³/mol. The fourth-order valence-corrected chi connectivity index (χ4v) is 2.02. The van der Waals surface area contributed by atoms with Gasteiger partial charge in [-0.25, -0.2) is 9.97 Å². The van der Waals surface area contributed by atoms with E-state index in [1.807, 2.05) is 12.3 Å². The second-order valence-electron chi connectivity index (χ2n) is 4.39. The highest BCUT2D eigenvalue weighted by atomic mass is 16.3. The number of anilines is 1. The zero-order chi connectivity index (χ0) is 11.0. The van der Waals surface area contributed by atoms with Gasteiger partial charge in [0.05, 0.1) is 11.0 Å². The summed E-state index contributed by atoms with van der Waals surface area (Å²) in [4.78, 5) is 11.3. The van der Waals surface area contributed by atoms with Gasteiger partial charge in [-0.15, -0.1) is 0 Å². The average Bonchev–Trinajstić information content (AvgIpc) is 2.72. The van der Waals surface area contributed by atoms with Crippen molar-refractivity contribution < 1.29 is 5.11 Å². The number of hydrogen-bond acceptors (Lipinski definition) is 4. The minimum absolute atomic E-state index is 0.534. The first-order valence-electron chi connectivity index (χ1n) is 5.51. The number of fused-ring (bicyclic) bond motifs is 1. The van der Waals surface area contributed by atoms with Crippen LogP contribution in [0.4, 0.5) is 5.82 Å². The Morgan fingerprint density at radius 1 is 1.44 bits per heavy atom. The third-order valence-corrected chi connectivity index (χ3v) is 3.22. The van der Waals surface area contributed by atoms with Crippen LogP contribution in [0.1, 0.15) is 19.3 Å². The molecule has 0 atom stereocenters. The zero-order valence-electron chi connectivity index (χ0n) is 8.90. The summed E-state index contributed by atoms with van der Waals surface area (Å²) >= 11 is 0. The lowest BCUT2D eigenvalue weighted by molar-refractivity contribution is -0.0202.